The van der Waals surface area contributed by atoms with Crippen LogP contribution < -0.4 is 20.9 Å². The highest BCUT2D eigenvalue weighted by Gasteiger charge is 2.47. The number of nitrogen functional groups attached to an aromatic ring is 1. The fourth-order valence-corrected chi connectivity index (χ4v) is 4.97. The van der Waals surface area contributed by atoms with Gasteiger partial charge in [0.1, 0.15) is 35.1 Å². The molecule has 1 aliphatic heterocycles. The van der Waals surface area contributed by atoms with Gasteiger partial charge < -0.3 is 29.8 Å². The van der Waals surface area contributed by atoms with Gasteiger partial charge in [0.05, 0.1) is 20.8 Å². The fraction of sp³-hybridized carbons (Fsp3) is 0.267. The third-order valence-electron chi connectivity index (χ3n) is 7.06. The van der Waals surface area contributed by atoms with Crippen LogP contribution in [0.3, 0.4) is 0 Å². The van der Waals surface area contributed by atoms with E-state index in [9.17, 15) is 9.90 Å². The number of hydrogen-bond acceptors (Lipinski definition) is 8. The third kappa shape index (κ3) is 5.04. The van der Waals surface area contributed by atoms with E-state index in [0.717, 1.165) is 21.3 Å². The summed E-state index contributed by atoms with van der Waals surface area (Å²) in [6, 6.07) is 25.8. The van der Waals surface area contributed by atoms with Gasteiger partial charge in [0.15, 0.2) is 12.4 Å². The number of aromatic nitrogens is 2. The molecule has 0 aliphatic carbocycles. The van der Waals surface area contributed by atoms with Crippen molar-refractivity contribution in [3.05, 3.63) is 118 Å². The van der Waals surface area contributed by atoms with E-state index in [1.165, 1.54) is 12.3 Å². The van der Waals surface area contributed by atoms with Gasteiger partial charge in [0.25, 0.3) is 0 Å². The van der Waals surface area contributed by atoms with Gasteiger partial charge in [0.2, 0.25) is 0 Å². The Labute approximate surface area is 230 Å². The molecular formula is C30H30FN3O6. The summed E-state index contributed by atoms with van der Waals surface area (Å²) in [5, 5.41) is 10.8. The van der Waals surface area contributed by atoms with Crippen molar-refractivity contribution in [2.75, 3.05) is 26.6 Å². The van der Waals surface area contributed by atoms with Gasteiger partial charge in [-0.2, -0.15) is 4.98 Å². The van der Waals surface area contributed by atoms with Crippen molar-refractivity contribution in [3.63, 3.8) is 0 Å². The molecule has 0 bridgehead atoms. The van der Waals surface area contributed by atoms with Crippen LogP contribution in [0, 0.1) is 0 Å². The highest BCUT2D eigenvalue weighted by molar-refractivity contribution is 5.49. The average Bonchev–Trinajstić information content (AvgIpc) is 3.27. The van der Waals surface area contributed by atoms with E-state index in [0.29, 0.717) is 11.5 Å². The molecule has 5 rings (SSSR count). The van der Waals surface area contributed by atoms with Crippen LogP contribution in [0.25, 0.3) is 0 Å². The summed E-state index contributed by atoms with van der Waals surface area (Å²) in [6.07, 6.45) is -4.65. The van der Waals surface area contributed by atoms with Gasteiger partial charge in [-0.3, -0.25) is 4.57 Å². The first-order chi connectivity index (χ1) is 19.4. The first kappa shape index (κ1) is 27.3. The largest absolute Gasteiger partial charge is 0.497 e. The Morgan fingerprint density at radius 2 is 1.48 bits per heavy atom. The van der Waals surface area contributed by atoms with E-state index in [4.69, 9.17) is 24.7 Å². The molecule has 10 heteroatoms. The quantitative estimate of drug-likeness (QED) is 0.306. The maximum atomic E-state index is 15.3. The fourth-order valence-electron chi connectivity index (χ4n) is 4.97. The van der Waals surface area contributed by atoms with Gasteiger partial charge in [-0.25, -0.2) is 9.18 Å². The minimum Gasteiger partial charge on any atom is -0.497 e. The van der Waals surface area contributed by atoms with Crippen LogP contribution >= 0.6 is 0 Å². The molecule has 1 fully saturated rings. The zero-order chi connectivity index (χ0) is 28.3. The second kappa shape index (κ2) is 11.5. The summed E-state index contributed by atoms with van der Waals surface area (Å²) in [4.78, 5) is 16.0. The Hall–Kier alpha value is -4.25. The lowest BCUT2D eigenvalue weighted by atomic mass is 9.80. The molecule has 0 spiro atoms. The number of aliphatic hydroxyl groups excluding tert-OH is 1. The van der Waals surface area contributed by atoms with Crippen LogP contribution in [-0.4, -0.2) is 53.9 Å². The molecule has 0 amide bonds. The summed E-state index contributed by atoms with van der Waals surface area (Å²) in [5.41, 5.74) is 5.93. The maximum Gasteiger partial charge on any atom is 0.351 e. The van der Waals surface area contributed by atoms with Crippen molar-refractivity contribution in [1.82, 2.24) is 9.55 Å². The number of nitrogens with zero attached hydrogens (tertiary/aromatic N) is 2. The first-order valence-electron chi connectivity index (χ1n) is 12.7. The average molecular weight is 548 g/mol. The van der Waals surface area contributed by atoms with E-state index in [1.807, 2.05) is 78.9 Å². The molecule has 0 saturated carbocycles. The summed E-state index contributed by atoms with van der Waals surface area (Å²) in [6.45, 7) is -0.206. The van der Waals surface area contributed by atoms with E-state index in [-0.39, 0.29) is 12.4 Å². The molecule has 0 radical (unpaired) electrons. The number of halogens is 1. The van der Waals surface area contributed by atoms with Crippen molar-refractivity contribution < 1.29 is 28.4 Å². The lowest BCUT2D eigenvalue weighted by Gasteiger charge is -2.37. The zero-order valence-electron chi connectivity index (χ0n) is 22.0. The van der Waals surface area contributed by atoms with Crippen molar-refractivity contribution in [2.24, 2.45) is 0 Å². The molecule has 208 valence electrons. The number of hydrogen-bond donors (Lipinski definition) is 2. The predicted molar refractivity (Wildman–Crippen MR) is 146 cm³/mol. The van der Waals surface area contributed by atoms with Crippen molar-refractivity contribution in [1.29, 1.82) is 0 Å². The number of ether oxygens (including phenoxy) is 4. The van der Waals surface area contributed by atoms with E-state index in [2.05, 4.69) is 4.98 Å². The topological polar surface area (TPSA) is 118 Å². The Bertz CT molecular complexity index is 1430. The number of benzene rings is 3. The van der Waals surface area contributed by atoms with Gasteiger partial charge in [-0.15, -0.1) is 0 Å². The normalized spacial score (nSPS) is 20.8. The summed E-state index contributed by atoms with van der Waals surface area (Å²) < 4.78 is 39.6. The highest BCUT2D eigenvalue weighted by Crippen LogP contribution is 2.43. The van der Waals surface area contributed by atoms with Gasteiger partial charge in [0, 0.05) is 6.20 Å². The Balaban J connectivity index is 1.55. The van der Waals surface area contributed by atoms with E-state index < -0.39 is 35.9 Å². The van der Waals surface area contributed by atoms with Gasteiger partial charge in [-0.05, 0) is 47.0 Å². The van der Waals surface area contributed by atoms with Crippen molar-refractivity contribution >= 4 is 5.82 Å². The summed E-state index contributed by atoms with van der Waals surface area (Å²) >= 11 is 0. The second-order valence-electron chi connectivity index (χ2n) is 9.36. The molecule has 3 N–H and O–H groups in total. The van der Waals surface area contributed by atoms with Crippen LogP contribution in [0.4, 0.5) is 10.2 Å². The predicted octanol–water partition coefficient (Wildman–Crippen LogP) is 3.45. The Kier molecular flexibility index (Phi) is 7.83. The molecule has 4 aromatic rings. The van der Waals surface area contributed by atoms with Crippen LogP contribution in [-0.2, 0) is 15.1 Å². The Morgan fingerprint density at radius 1 is 0.925 bits per heavy atom. The number of aliphatic hydroxyl groups is 1. The third-order valence-corrected chi connectivity index (χ3v) is 7.06. The lowest BCUT2D eigenvalue weighted by Crippen LogP contribution is -2.39. The Morgan fingerprint density at radius 3 is 2.00 bits per heavy atom. The molecule has 4 atom stereocenters. The molecule has 1 aliphatic rings. The number of nitrogens with two attached hydrogens (primary N) is 1. The minimum absolute atomic E-state index is 0.00159. The zero-order valence-corrected chi connectivity index (χ0v) is 22.0. The molecule has 1 unspecified atom stereocenters. The number of methoxy groups -OCH3 is 2. The lowest BCUT2D eigenvalue weighted by molar-refractivity contribution is -0.0950. The number of rotatable bonds is 9. The van der Waals surface area contributed by atoms with Crippen LogP contribution in [0.1, 0.15) is 22.9 Å². The summed E-state index contributed by atoms with van der Waals surface area (Å²) in [5.74, 6) is 1.34. The smallest absolute Gasteiger partial charge is 0.351 e. The molecule has 40 heavy (non-hydrogen) atoms. The molecular weight excluding hydrogens is 517 g/mol. The van der Waals surface area contributed by atoms with Crippen LogP contribution in [0.2, 0.25) is 0 Å². The molecule has 1 saturated heterocycles. The van der Waals surface area contributed by atoms with Crippen LogP contribution in [0.15, 0.2) is 95.9 Å². The van der Waals surface area contributed by atoms with E-state index in [1.54, 1.807) is 14.2 Å². The number of alkyl halides is 1. The summed E-state index contributed by atoms with van der Waals surface area (Å²) in [7, 11) is 3.17. The molecule has 3 aromatic carbocycles. The molecule has 2 heterocycles. The maximum absolute atomic E-state index is 15.3. The highest BCUT2D eigenvalue weighted by atomic mass is 19.1. The number of anilines is 1. The van der Waals surface area contributed by atoms with Gasteiger partial charge >= 0.3 is 5.69 Å². The standard InChI is InChI=1S/C30H30FN3O6/c1-37-22-12-8-20(9-13-22)30(19-6-4-3-5-7-19,21-10-14-23(38-2)15-11-21)39-18-24-27(35)26(31)28(40-24)34-17-16-25(32)33-29(34)36/h3-17,24,26-28,35H,18H2,1-2H3,(H2,32,33,36)/t24-,26?,27+,28-/m1/s1. The molecule has 1 aromatic heterocycles. The first-order valence-corrected chi connectivity index (χ1v) is 12.7. The van der Waals surface area contributed by atoms with Crippen molar-refractivity contribution in [3.8, 4) is 11.5 Å². The van der Waals surface area contributed by atoms with Crippen molar-refractivity contribution in [2.45, 2.75) is 30.2 Å². The molecule has 9 nitrogen and oxygen atoms in total. The van der Waals surface area contributed by atoms with Crippen LogP contribution in [0.5, 0.6) is 11.5 Å². The minimum atomic E-state index is -1.90. The van der Waals surface area contributed by atoms with Gasteiger partial charge in [-0.1, -0.05) is 54.6 Å². The second-order valence-corrected chi connectivity index (χ2v) is 9.36. The monoisotopic (exact) mass is 547 g/mol. The van der Waals surface area contributed by atoms with E-state index >= 15 is 4.39 Å². The SMILES string of the molecule is COc1ccc(C(OC[C@H]2O[C@@H](n3ccc(N)nc3=O)C(F)[C@H]2O)(c2ccccc2)c2ccc(OC)cc2)cc1.